The lowest BCUT2D eigenvalue weighted by atomic mass is 10.2. The zero-order valence-electron chi connectivity index (χ0n) is 18.3. The van der Waals surface area contributed by atoms with Crippen molar-refractivity contribution in [2.75, 3.05) is 11.9 Å². The summed E-state index contributed by atoms with van der Waals surface area (Å²) in [7, 11) is 0. The molecule has 0 saturated heterocycles. The van der Waals surface area contributed by atoms with Gasteiger partial charge in [0.2, 0.25) is 5.91 Å². The first-order valence-corrected chi connectivity index (χ1v) is 10.3. The van der Waals surface area contributed by atoms with E-state index in [2.05, 4.69) is 25.7 Å². The van der Waals surface area contributed by atoms with Gasteiger partial charge < -0.3 is 9.73 Å². The number of rotatable bonds is 9. The predicted molar refractivity (Wildman–Crippen MR) is 116 cm³/mol. The van der Waals surface area contributed by atoms with Crippen LogP contribution in [0, 0.1) is 20.8 Å². The van der Waals surface area contributed by atoms with Crippen LogP contribution in [-0.2, 0) is 4.79 Å². The van der Waals surface area contributed by atoms with Gasteiger partial charge in [0.05, 0.1) is 5.69 Å². The largest absolute Gasteiger partial charge is 0.458 e. The lowest BCUT2D eigenvalue weighted by molar-refractivity contribution is -0.129. The second-order valence-corrected chi connectivity index (χ2v) is 7.41. The average Bonchev–Trinajstić information content (AvgIpc) is 3.34. The van der Waals surface area contributed by atoms with Gasteiger partial charge in [-0.15, -0.1) is 0 Å². The Balaban J connectivity index is 1.68. The van der Waals surface area contributed by atoms with Gasteiger partial charge in [0.1, 0.15) is 11.6 Å². The zero-order valence-corrected chi connectivity index (χ0v) is 18.3. The Morgan fingerprint density at radius 2 is 1.91 bits per heavy atom. The molecular weight excluding hydrogens is 414 g/mol. The Hall–Kier alpha value is -3.73. The minimum Gasteiger partial charge on any atom is -0.458 e. The summed E-state index contributed by atoms with van der Waals surface area (Å²) in [6.07, 6.45) is 2.31. The second kappa shape index (κ2) is 10.5. The maximum Gasteiger partial charge on any atom is 0.320 e. The van der Waals surface area contributed by atoms with Crippen LogP contribution < -0.4 is 16.1 Å². The van der Waals surface area contributed by atoms with Gasteiger partial charge in [-0.25, -0.2) is 24.9 Å². The lowest BCUT2D eigenvalue weighted by Gasteiger charge is -2.10. The van der Waals surface area contributed by atoms with Crippen LogP contribution in [-0.4, -0.2) is 43.4 Å². The molecule has 32 heavy (non-hydrogen) atoms. The van der Waals surface area contributed by atoms with Crippen LogP contribution >= 0.6 is 0 Å². The van der Waals surface area contributed by atoms with Gasteiger partial charge in [-0.05, 0) is 51.8 Å². The van der Waals surface area contributed by atoms with Crippen LogP contribution in [0.3, 0.4) is 0 Å². The molecule has 0 radical (unpaired) electrons. The van der Waals surface area contributed by atoms with Gasteiger partial charge in [-0.2, -0.15) is 5.10 Å². The molecule has 0 atom stereocenters. The number of aryl methyl sites for hydroxylation is 3. The first-order valence-electron chi connectivity index (χ1n) is 10.3. The first kappa shape index (κ1) is 22.9. The third-order valence-corrected chi connectivity index (χ3v) is 4.63. The van der Waals surface area contributed by atoms with Crippen LogP contribution in [0.2, 0.25) is 0 Å². The van der Waals surface area contributed by atoms with Crippen molar-refractivity contribution in [2.45, 2.75) is 46.5 Å². The minimum absolute atomic E-state index is 0.244. The van der Waals surface area contributed by atoms with E-state index in [0.29, 0.717) is 42.6 Å². The topological polar surface area (TPSA) is 147 Å². The molecule has 3 aromatic heterocycles. The number of amides is 3. The second-order valence-electron chi connectivity index (χ2n) is 7.41. The molecule has 3 amide bonds. The molecule has 3 heterocycles. The van der Waals surface area contributed by atoms with E-state index in [9.17, 15) is 9.59 Å². The Morgan fingerprint density at radius 1 is 1.09 bits per heavy atom. The molecule has 0 fully saturated rings. The summed E-state index contributed by atoms with van der Waals surface area (Å²) in [5, 5.41) is 18.4. The number of nitrogens with zero attached hydrogens (tertiary/aromatic N) is 4. The summed E-state index contributed by atoms with van der Waals surface area (Å²) < 4.78 is 7.34. The summed E-state index contributed by atoms with van der Waals surface area (Å²) in [5.41, 5.74) is 3.34. The van der Waals surface area contributed by atoms with Crippen LogP contribution in [0.5, 0.6) is 0 Å². The number of carbonyl (C=O) groups excluding carboxylic acids is 2. The van der Waals surface area contributed by atoms with Gasteiger partial charge >= 0.3 is 6.03 Å². The number of furan rings is 1. The normalized spacial score (nSPS) is 10.8. The number of anilines is 1. The van der Waals surface area contributed by atoms with Crippen molar-refractivity contribution >= 4 is 17.8 Å². The van der Waals surface area contributed by atoms with Crippen LogP contribution in [0.15, 0.2) is 28.7 Å². The number of urea groups is 1. The molecule has 3 rings (SSSR count). The number of hydrogen-bond acceptors (Lipinski definition) is 7. The van der Waals surface area contributed by atoms with Crippen LogP contribution in [0.4, 0.5) is 10.6 Å². The van der Waals surface area contributed by atoms with Crippen molar-refractivity contribution in [3.05, 3.63) is 41.4 Å². The summed E-state index contributed by atoms with van der Waals surface area (Å²) in [6.45, 7) is 6.08. The molecule has 0 aliphatic carbocycles. The summed E-state index contributed by atoms with van der Waals surface area (Å²) in [4.78, 5) is 32.3. The monoisotopic (exact) mass is 441 g/mol. The molecule has 0 unspecified atom stereocenters. The molecule has 0 spiro atoms. The van der Waals surface area contributed by atoms with E-state index >= 15 is 0 Å². The van der Waals surface area contributed by atoms with E-state index in [4.69, 9.17) is 9.62 Å². The molecule has 0 aliphatic heterocycles. The van der Waals surface area contributed by atoms with Gasteiger partial charge in [-0.3, -0.25) is 15.3 Å². The molecule has 0 aromatic carbocycles. The fourth-order valence-electron chi connectivity index (χ4n) is 3.14. The third-order valence-electron chi connectivity index (χ3n) is 4.63. The van der Waals surface area contributed by atoms with Gasteiger partial charge in [0.15, 0.2) is 17.4 Å². The van der Waals surface area contributed by atoms with E-state index < -0.39 is 11.9 Å². The summed E-state index contributed by atoms with van der Waals surface area (Å²) in [5.74, 6) is 1.95. The van der Waals surface area contributed by atoms with Crippen LogP contribution in [0.25, 0.3) is 17.4 Å². The zero-order chi connectivity index (χ0) is 23.1. The van der Waals surface area contributed by atoms with E-state index in [1.165, 1.54) is 0 Å². The van der Waals surface area contributed by atoms with Crippen molar-refractivity contribution in [1.82, 2.24) is 30.5 Å². The minimum atomic E-state index is -0.416. The van der Waals surface area contributed by atoms with Gasteiger partial charge in [0.25, 0.3) is 0 Å². The summed E-state index contributed by atoms with van der Waals surface area (Å²) >= 11 is 0. The lowest BCUT2D eigenvalue weighted by Crippen LogP contribution is -2.30. The molecule has 3 aromatic rings. The highest BCUT2D eigenvalue weighted by Crippen LogP contribution is 2.22. The van der Waals surface area contributed by atoms with Gasteiger partial charge in [-0.1, -0.05) is 6.42 Å². The third kappa shape index (κ3) is 6.14. The smallest absolute Gasteiger partial charge is 0.320 e. The highest BCUT2D eigenvalue weighted by atomic mass is 16.5. The van der Waals surface area contributed by atoms with Gasteiger partial charge in [0, 0.05) is 24.7 Å². The molecule has 0 bridgehead atoms. The van der Waals surface area contributed by atoms with Crippen molar-refractivity contribution in [3.63, 3.8) is 0 Å². The number of nitrogens with one attached hydrogen (secondary N) is 3. The Labute approximate surface area is 185 Å². The van der Waals surface area contributed by atoms with Crippen molar-refractivity contribution < 1.29 is 19.2 Å². The van der Waals surface area contributed by atoms with E-state index in [0.717, 1.165) is 23.6 Å². The molecule has 11 heteroatoms. The van der Waals surface area contributed by atoms with Crippen molar-refractivity contribution in [1.29, 1.82) is 0 Å². The number of carbonyl (C=O) groups is 2. The Morgan fingerprint density at radius 3 is 2.56 bits per heavy atom. The molecular formula is C21H27N7O4. The standard InChI is InChI=1S/C21H27N7O4/c1-13-11-14(2)28(26-13)18-12-17(23-20(25-18)16-9-8-15(3)32-16)24-21(30)22-10-6-4-5-7-19(29)27-31/h8-9,11-12,31H,4-7,10H2,1-3H3,(H,27,29)(H2,22,23,24,25,30). The Bertz CT molecular complexity index is 1090. The molecule has 170 valence electrons. The van der Waals surface area contributed by atoms with E-state index in [-0.39, 0.29) is 6.42 Å². The molecule has 0 aliphatic rings. The van der Waals surface area contributed by atoms with E-state index in [1.807, 2.05) is 32.9 Å². The quantitative estimate of drug-likeness (QED) is 0.227. The average molecular weight is 441 g/mol. The van der Waals surface area contributed by atoms with E-state index in [1.54, 1.807) is 22.3 Å². The molecule has 4 N–H and O–H groups in total. The molecule has 11 nitrogen and oxygen atoms in total. The first-order chi connectivity index (χ1) is 15.4. The highest BCUT2D eigenvalue weighted by molar-refractivity contribution is 5.88. The fourth-order valence-corrected chi connectivity index (χ4v) is 3.14. The fraction of sp³-hybridized carbons (Fsp3) is 0.381. The predicted octanol–water partition coefficient (Wildman–Crippen LogP) is 3.03. The van der Waals surface area contributed by atoms with Crippen LogP contribution in [0.1, 0.15) is 42.8 Å². The Kier molecular flexibility index (Phi) is 7.55. The van der Waals surface area contributed by atoms with Crippen molar-refractivity contribution in [2.24, 2.45) is 0 Å². The highest BCUT2D eigenvalue weighted by Gasteiger charge is 2.15. The summed E-state index contributed by atoms with van der Waals surface area (Å²) in [6, 6.07) is 6.77. The number of unbranched alkanes of at least 4 members (excludes halogenated alkanes) is 2. The number of hydroxylamine groups is 1. The number of hydrogen-bond donors (Lipinski definition) is 4. The number of aromatic nitrogens is 4. The molecule has 0 saturated carbocycles. The SMILES string of the molecule is Cc1cc(C)n(-c2cc(NC(=O)NCCCCCC(=O)NO)nc(-c3ccc(C)o3)n2)n1. The maximum atomic E-state index is 12.3. The maximum absolute atomic E-state index is 12.3. The van der Waals surface area contributed by atoms with Crippen molar-refractivity contribution in [3.8, 4) is 17.4 Å².